The lowest BCUT2D eigenvalue weighted by Gasteiger charge is -2.14. The van der Waals surface area contributed by atoms with Crippen LogP contribution in [-0.2, 0) is 13.0 Å². The van der Waals surface area contributed by atoms with E-state index >= 15 is 0 Å². The molecule has 1 N–H and O–H groups in total. The van der Waals surface area contributed by atoms with E-state index < -0.39 is 0 Å². The van der Waals surface area contributed by atoms with Crippen LogP contribution in [-0.4, -0.2) is 17.8 Å². The predicted octanol–water partition coefficient (Wildman–Crippen LogP) is 3.35. The van der Waals surface area contributed by atoms with Crippen LogP contribution < -0.4 is 9.47 Å². The normalized spacial score (nSPS) is 16.4. The highest BCUT2D eigenvalue weighted by molar-refractivity contribution is 6.30. The van der Waals surface area contributed by atoms with Gasteiger partial charge in [-0.1, -0.05) is 11.6 Å². The van der Waals surface area contributed by atoms with E-state index in [9.17, 15) is 9.50 Å². The summed E-state index contributed by atoms with van der Waals surface area (Å²) in [5.41, 5.74) is 1.48. The third kappa shape index (κ3) is 3.12. The van der Waals surface area contributed by atoms with Crippen molar-refractivity contribution >= 4 is 11.6 Å². The van der Waals surface area contributed by atoms with Crippen LogP contribution in [0.25, 0.3) is 0 Å². The van der Waals surface area contributed by atoms with E-state index in [1.54, 1.807) is 24.3 Å². The van der Waals surface area contributed by atoms with Gasteiger partial charge in [-0.15, -0.1) is 0 Å². The molecule has 2 aromatic carbocycles. The van der Waals surface area contributed by atoms with Crippen molar-refractivity contribution in [2.24, 2.45) is 0 Å². The molecule has 3 rings (SSSR count). The first-order chi connectivity index (χ1) is 10.2. The Labute approximate surface area is 126 Å². The highest BCUT2D eigenvalue weighted by Gasteiger charge is 2.24. The van der Waals surface area contributed by atoms with Gasteiger partial charge in [-0.05, 0) is 36.4 Å². The number of hydrogen-bond donors (Lipinski definition) is 1. The van der Waals surface area contributed by atoms with Gasteiger partial charge in [0.2, 0.25) is 0 Å². The van der Waals surface area contributed by atoms with Gasteiger partial charge in [-0.2, -0.15) is 0 Å². The first-order valence-electron chi connectivity index (χ1n) is 6.63. The fourth-order valence-corrected chi connectivity index (χ4v) is 2.57. The van der Waals surface area contributed by atoms with E-state index in [2.05, 4.69) is 0 Å². The van der Waals surface area contributed by atoms with Crippen molar-refractivity contribution in [3.8, 4) is 11.5 Å². The lowest BCUT2D eigenvalue weighted by molar-refractivity contribution is 0.146. The minimum absolute atomic E-state index is 0.146. The maximum absolute atomic E-state index is 13.1. The van der Waals surface area contributed by atoms with E-state index in [0.29, 0.717) is 35.1 Å². The summed E-state index contributed by atoms with van der Waals surface area (Å²) < 4.78 is 24.5. The molecule has 0 aromatic heterocycles. The van der Waals surface area contributed by atoms with Gasteiger partial charge in [-0.25, -0.2) is 4.39 Å². The van der Waals surface area contributed by atoms with Crippen molar-refractivity contribution in [1.82, 2.24) is 0 Å². The van der Waals surface area contributed by atoms with E-state index in [-0.39, 0.29) is 18.5 Å². The fraction of sp³-hybridized carbons (Fsp3) is 0.250. The SMILES string of the molecule is OCc1cc(Cl)ccc1OCC1Cc2cc(F)ccc2O1. The summed E-state index contributed by atoms with van der Waals surface area (Å²) in [6.07, 6.45) is 0.443. The number of halogens is 2. The molecule has 0 amide bonds. The second-order valence-electron chi connectivity index (χ2n) is 4.92. The molecule has 0 aliphatic carbocycles. The molecule has 1 unspecified atom stereocenters. The number of aliphatic hydroxyl groups excluding tert-OH is 1. The molecule has 1 heterocycles. The third-order valence-electron chi connectivity index (χ3n) is 3.38. The third-order valence-corrected chi connectivity index (χ3v) is 3.62. The first-order valence-corrected chi connectivity index (χ1v) is 7.00. The molecule has 0 saturated heterocycles. The standard InChI is InChI=1S/C16H14ClFO3/c17-12-1-3-15(11(5-12)8-19)20-9-14-7-10-6-13(18)2-4-16(10)21-14/h1-6,14,19H,7-9H2. The van der Waals surface area contributed by atoms with Crippen LogP contribution in [0.4, 0.5) is 4.39 Å². The smallest absolute Gasteiger partial charge is 0.137 e. The molecule has 0 saturated carbocycles. The zero-order valence-corrected chi connectivity index (χ0v) is 11.9. The number of fused-ring (bicyclic) bond motifs is 1. The average Bonchev–Trinajstić information content (AvgIpc) is 2.87. The van der Waals surface area contributed by atoms with Crippen molar-refractivity contribution in [2.45, 2.75) is 19.1 Å². The van der Waals surface area contributed by atoms with Crippen LogP contribution in [0.3, 0.4) is 0 Å². The molecule has 2 aromatic rings. The number of ether oxygens (including phenoxy) is 2. The van der Waals surface area contributed by atoms with Crippen molar-refractivity contribution in [3.05, 3.63) is 58.4 Å². The Hall–Kier alpha value is -1.78. The summed E-state index contributed by atoms with van der Waals surface area (Å²) in [6.45, 7) is 0.178. The van der Waals surface area contributed by atoms with Crippen LogP contribution in [0.5, 0.6) is 11.5 Å². The van der Waals surface area contributed by atoms with Crippen molar-refractivity contribution < 1.29 is 19.0 Å². The zero-order chi connectivity index (χ0) is 14.8. The Morgan fingerprint density at radius 3 is 2.95 bits per heavy atom. The summed E-state index contributed by atoms with van der Waals surface area (Å²) in [7, 11) is 0. The van der Waals surface area contributed by atoms with E-state index in [0.717, 1.165) is 5.56 Å². The van der Waals surface area contributed by atoms with E-state index in [1.165, 1.54) is 12.1 Å². The quantitative estimate of drug-likeness (QED) is 0.941. The van der Waals surface area contributed by atoms with Gasteiger partial charge in [0.25, 0.3) is 0 Å². The largest absolute Gasteiger partial charge is 0.489 e. The highest BCUT2D eigenvalue weighted by Crippen LogP contribution is 2.30. The van der Waals surface area contributed by atoms with Crippen LogP contribution in [0, 0.1) is 5.82 Å². The predicted molar refractivity (Wildman–Crippen MR) is 77.4 cm³/mol. The first kappa shape index (κ1) is 14.2. The van der Waals surface area contributed by atoms with Gasteiger partial charge in [-0.3, -0.25) is 0 Å². The van der Waals surface area contributed by atoms with Gasteiger partial charge in [0, 0.05) is 22.6 Å². The second-order valence-corrected chi connectivity index (χ2v) is 5.35. The van der Waals surface area contributed by atoms with Gasteiger partial charge < -0.3 is 14.6 Å². The van der Waals surface area contributed by atoms with Gasteiger partial charge >= 0.3 is 0 Å². The average molecular weight is 309 g/mol. The number of benzene rings is 2. The van der Waals surface area contributed by atoms with Gasteiger partial charge in [0.15, 0.2) is 0 Å². The lowest BCUT2D eigenvalue weighted by Crippen LogP contribution is -2.22. The monoisotopic (exact) mass is 308 g/mol. The van der Waals surface area contributed by atoms with Crippen molar-refractivity contribution in [1.29, 1.82) is 0 Å². The molecule has 0 fully saturated rings. The number of rotatable bonds is 4. The molecule has 1 atom stereocenters. The maximum Gasteiger partial charge on any atom is 0.137 e. The Bertz CT molecular complexity index is 660. The molecular weight excluding hydrogens is 295 g/mol. The summed E-state index contributed by atoms with van der Waals surface area (Å²) in [6, 6.07) is 9.58. The Morgan fingerprint density at radius 1 is 1.29 bits per heavy atom. The number of aliphatic hydroxyl groups is 1. The van der Waals surface area contributed by atoms with Crippen molar-refractivity contribution in [3.63, 3.8) is 0 Å². The Balaban J connectivity index is 1.65. The van der Waals surface area contributed by atoms with Gasteiger partial charge in [0.05, 0.1) is 6.61 Å². The molecule has 21 heavy (non-hydrogen) atoms. The van der Waals surface area contributed by atoms with Crippen molar-refractivity contribution in [2.75, 3.05) is 6.61 Å². The molecule has 110 valence electrons. The molecule has 0 spiro atoms. The lowest BCUT2D eigenvalue weighted by atomic mass is 10.1. The highest BCUT2D eigenvalue weighted by atomic mass is 35.5. The minimum atomic E-state index is -0.265. The van der Waals surface area contributed by atoms with Gasteiger partial charge in [0.1, 0.15) is 30.0 Å². The zero-order valence-electron chi connectivity index (χ0n) is 11.2. The maximum atomic E-state index is 13.1. The topological polar surface area (TPSA) is 38.7 Å². The fourth-order valence-electron chi connectivity index (χ4n) is 2.38. The molecule has 5 heteroatoms. The molecule has 3 nitrogen and oxygen atoms in total. The molecule has 1 aliphatic heterocycles. The second kappa shape index (κ2) is 5.92. The summed E-state index contributed by atoms with van der Waals surface area (Å²) in [4.78, 5) is 0. The molecule has 0 bridgehead atoms. The Kier molecular flexibility index (Phi) is 3.99. The number of hydrogen-bond acceptors (Lipinski definition) is 3. The van der Waals surface area contributed by atoms with Crippen LogP contribution >= 0.6 is 11.6 Å². The molecule has 0 radical (unpaired) electrons. The molecular formula is C16H14ClFO3. The van der Waals surface area contributed by atoms with E-state index in [4.69, 9.17) is 21.1 Å². The van der Waals surface area contributed by atoms with Crippen LogP contribution in [0.1, 0.15) is 11.1 Å². The van der Waals surface area contributed by atoms with Crippen LogP contribution in [0.15, 0.2) is 36.4 Å². The summed E-state index contributed by atoms with van der Waals surface area (Å²) >= 11 is 5.87. The van der Waals surface area contributed by atoms with Crippen LogP contribution in [0.2, 0.25) is 5.02 Å². The minimum Gasteiger partial charge on any atom is -0.489 e. The molecule has 1 aliphatic rings. The Morgan fingerprint density at radius 2 is 2.14 bits per heavy atom. The summed E-state index contributed by atoms with van der Waals surface area (Å²) in [5, 5.41) is 9.84. The van der Waals surface area contributed by atoms with E-state index in [1.807, 2.05) is 0 Å². The summed E-state index contributed by atoms with van der Waals surface area (Å²) in [5.74, 6) is 1.01.